The Kier molecular flexibility index (Phi) is 3.77. The van der Waals surface area contributed by atoms with Gasteiger partial charge in [-0.2, -0.15) is 0 Å². The van der Waals surface area contributed by atoms with Crippen molar-refractivity contribution in [1.29, 1.82) is 0 Å². The highest BCUT2D eigenvalue weighted by molar-refractivity contribution is 6.02. The second kappa shape index (κ2) is 5.49. The number of aromatic carboxylic acids is 1. The van der Waals surface area contributed by atoms with Crippen LogP contribution in [0.3, 0.4) is 0 Å². The molecule has 1 saturated carbocycles. The predicted molar refractivity (Wildman–Crippen MR) is 69.1 cm³/mol. The highest BCUT2D eigenvalue weighted by atomic mass is 16.5. The minimum Gasteiger partial charge on any atom is -0.497 e. The Morgan fingerprint density at radius 1 is 1.28 bits per heavy atom. The summed E-state index contributed by atoms with van der Waals surface area (Å²) < 4.78 is 5.04. The van der Waals surface area contributed by atoms with Gasteiger partial charge in [0.15, 0.2) is 0 Å². The van der Waals surface area contributed by atoms with Crippen molar-refractivity contribution in [2.45, 2.75) is 19.3 Å². The van der Waals surface area contributed by atoms with Crippen LogP contribution in [0.25, 0.3) is 10.9 Å². The smallest absolute Gasteiger partial charge is 0.336 e. The third kappa shape index (κ3) is 2.97. The number of aromatic nitrogens is 1. The van der Waals surface area contributed by atoms with Crippen LogP contribution in [0.5, 0.6) is 5.75 Å². The van der Waals surface area contributed by atoms with Gasteiger partial charge in [0.25, 0.3) is 0 Å². The number of hydrogen-bond acceptors (Lipinski definition) is 3. The number of hydrogen-bond donors (Lipinski definition) is 1. The summed E-state index contributed by atoms with van der Waals surface area (Å²) in [5.41, 5.74) is 0.884. The molecule has 1 aromatic carbocycles. The third-order valence-electron chi connectivity index (χ3n) is 2.53. The molecule has 4 nitrogen and oxygen atoms in total. The van der Waals surface area contributed by atoms with Crippen molar-refractivity contribution < 1.29 is 14.6 Å². The Bertz CT molecular complexity index is 561. The van der Waals surface area contributed by atoms with Gasteiger partial charge in [0.2, 0.25) is 0 Å². The molecule has 0 bridgehead atoms. The van der Waals surface area contributed by atoms with Gasteiger partial charge in [0, 0.05) is 11.6 Å². The summed E-state index contributed by atoms with van der Waals surface area (Å²) in [6, 6.07) is 6.64. The van der Waals surface area contributed by atoms with E-state index in [1.807, 2.05) is 0 Å². The van der Waals surface area contributed by atoms with E-state index in [4.69, 9.17) is 9.84 Å². The summed E-state index contributed by atoms with van der Waals surface area (Å²) in [7, 11) is 1.54. The molecule has 1 N–H and O–H groups in total. The molecule has 18 heavy (non-hydrogen) atoms. The Balaban J connectivity index is 0.000000350. The molecule has 3 rings (SSSR count). The summed E-state index contributed by atoms with van der Waals surface area (Å²) in [4.78, 5) is 15.0. The van der Waals surface area contributed by atoms with Gasteiger partial charge in [-0.1, -0.05) is 19.3 Å². The van der Waals surface area contributed by atoms with Crippen LogP contribution in [0.1, 0.15) is 29.6 Å². The van der Waals surface area contributed by atoms with Gasteiger partial charge in [-0.05, 0) is 24.3 Å². The number of carbonyl (C=O) groups is 1. The Morgan fingerprint density at radius 3 is 2.56 bits per heavy atom. The molecule has 1 heterocycles. The van der Waals surface area contributed by atoms with Crippen LogP contribution < -0.4 is 4.74 Å². The van der Waals surface area contributed by atoms with E-state index >= 15 is 0 Å². The summed E-state index contributed by atoms with van der Waals surface area (Å²) in [6.45, 7) is 0. The first-order chi connectivity index (χ1) is 8.72. The summed E-state index contributed by atoms with van der Waals surface area (Å²) >= 11 is 0. The van der Waals surface area contributed by atoms with Gasteiger partial charge in [-0.3, -0.25) is 4.98 Å². The zero-order chi connectivity index (χ0) is 13.0. The number of fused-ring (bicyclic) bond motifs is 1. The molecule has 0 amide bonds. The summed E-state index contributed by atoms with van der Waals surface area (Å²) in [5.74, 6) is -0.339. The lowest BCUT2D eigenvalue weighted by Crippen LogP contribution is -1.98. The quantitative estimate of drug-likeness (QED) is 0.883. The third-order valence-corrected chi connectivity index (χ3v) is 2.53. The van der Waals surface area contributed by atoms with Gasteiger partial charge >= 0.3 is 5.97 Å². The van der Waals surface area contributed by atoms with Crippen molar-refractivity contribution in [2.75, 3.05) is 7.11 Å². The molecule has 0 radical (unpaired) electrons. The van der Waals surface area contributed by atoms with Crippen molar-refractivity contribution in [3.05, 3.63) is 36.0 Å². The fourth-order valence-corrected chi connectivity index (χ4v) is 1.44. The maximum atomic E-state index is 10.9. The monoisotopic (exact) mass is 245 g/mol. The fourth-order valence-electron chi connectivity index (χ4n) is 1.44. The molecule has 0 aliphatic heterocycles. The van der Waals surface area contributed by atoms with Crippen molar-refractivity contribution >= 4 is 16.9 Å². The van der Waals surface area contributed by atoms with E-state index in [0.29, 0.717) is 16.7 Å². The van der Waals surface area contributed by atoms with Crippen LogP contribution in [-0.2, 0) is 0 Å². The first-order valence-corrected chi connectivity index (χ1v) is 5.88. The van der Waals surface area contributed by atoms with Crippen molar-refractivity contribution in [1.82, 2.24) is 4.98 Å². The standard InChI is InChI=1S/C11H9NO3.C3H6/c1-15-7-2-3-10-9(6-7)8(11(13)14)4-5-12-10;1-2-3-1/h2-6H,1H3,(H,13,14);1-3H2. The van der Waals surface area contributed by atoms with E-state index in [2.05, 4.69) is 4.98 Å². The number of benzene rings is 1. The van der Waals surface area contributed by atoms with E-state index in [1.165, 1.54) is 38.6 Å². The number of pyridine rings is 1. The minimum atomic E-state index is -0.962. The molecule has 4 heteroatoms. The lowest BCUT2D eigenvalue weighted by atomic mass is 10.1. The summed E-state index contributed by atoms with van der Waals surface area (Å²) in [6.07, 6.45) is 5.98. The first-order valence-electron chi connectivity index (χ1n) is 5.88. The van der Waals surface area contributed by atoms with Crippen molar-refractivity contribution in [2.24, 2.45) is 0 Å². The number of ether oxygens (including phenoxy) is 1. The normalized spacial score (nSPS) is 12.5. The van der Waals surface area contributed by atoms with E-state index in [-0.39, 0.29) is 5.56 Å². The Hall–Kier alpha value is -2.10. The number of methoxy groups -OCH3 is 1. The predicted octanol–water partition coefficient (Wildman–Crippen LogP) is 3.11. The summed E-state index contributed by atoms with van der Waals surface area (Å²) in [5, 5.41) is 9.57. The minimum absolute atomic E-state index is 0.235. The molecule has 1 aliphatic rings. The Morgan fingerprint density at radius 2 is 2.00 bits per heavy atom. The van der Waals surface area contributed by atoms with E-state index in [0.717, 1.165) is 0 Å². The molecule has 0 spiro atoms. The molecule has 2 aromatic rings. The lowest BCUT2D eigenvalue weighted by molar-refractivity contribution is 0.0699. The number of rotatable bonds is 2. The van der Waals surface area contributed by atoms with Crippen molar-refractivity contribution in [3.63, 3.8) is 0 Å². The first kappa shape index (κ1) is 12.4. The molecule has 1 fully saturated rings. The van der Waals surface area contributed by atoms with E-state index in [1.54, 1.807) is 18.2 Å². The highest BCUT2D eigenvalue weighted by Gasteiger charge is 2.09. The lowest BCUT2D eigenvalue weighted by Gasteiger charge is -2.04. The topological polar surface area (TPSA) is 59.4 Å². The van der Waals surface area contributed by atoms with Gasteiger partial charge in [-0.25, -0.2) is 4.79 Å². The Labute approximate surface area is 105 Å². The second-order valence-corrected chi connectivity index (χ2v) is 4.11. The molecular formula is C14H15NO3. The van der Waals surface area contributed by atoms with Gasteiger partial charge < -0.3 is 9.84 Å². The zero-order valence-electron chi connectivity index (χ0n) is 10.2. The largest absolute Gasteiger partial charge is 0.497 e. The maximum Gasteiger partial charge on any atom is 0.336 e. The fraction of sp³-hybridized carbons (Fsp3) is 0.286. The average molecular weight is 245 g/mol. The van der Waals surface area contributed by atoms with Crippen molar-refractivity contribution in [3.8, 4) is 5.75 Å². The van der Waals surface area contributed by atoms with Crippen LogP contribution in [-0.4, -0.2) is 23.2 Å². The van der Waals surface area contributed by atoms with Crippen LogP contribution in [0, 0.1) is 0 Å². The molecule has 94 valence electrons. The van der Waals surface area contributed by atoms with E-state index in [9.17, 15) is 4.79 Å². The number of carboxylic acids is 1. The SMILES string of the molecule is C1CC1.COc1ccc2nccc(C(=O)O)c2c1. The second-order valence-electron chi connectivity index (χ2n) is 4.11. The van der Waals surface area contributed by atoms with Crippen LogP contribution in [0.15, 0.2) is 30.5 Å². The van der Waals surface area contributed by atoms with Gasteiger partial charge in [-0.15, -0.1) is 0 Å². The molecule has 1 aromatic heterocycles. The zero-order valence-corrected chi connectivity index (χ0v) is 10.2. The van der Waals surface area contributed by atoms with Crippen LogP contribution in [0.2, 0.25) is 0 Å². The van der Waals surface area contributed by atoms with E-state index < -0.39 is 5.97 Å². The number of nitrogens with zero attached hydrogens (tertiary/aromatic N) is 1. The number of carboxylic acid groups (broad SMARTS) is 1. The van der Waals surface area contributed by atoms with Gasteiger partial charge in [0.1, 0.15) is 5.75 Å². The highest BCUT2D eigenvalue weighted by Crippen LogP contribution is 2.22. The average Bonchev–Trinajstić information content (AvgIpc) is 3.25. The molecule has 0 atom stereocenters. The maximum absolute atomic E-state index is 10.9. The van der Waals surface area contributed by atoms with Crippen LogP contribution in [0.4, 0.5) is 0 Å². The van der Waals surface area contributed by atoms with Crippen LogP contribution >= 0.6 is 0 Å². The molecule has 1 aliphatic carbocycles. The molecule has 0 saturated heterocycles. The molecular weight excluding hydrogens is 230 g/mol. The van der Waals surface area contributed by atoms with Gasteiger partial charge in [0.05, 0.1) is 18.2 Å². The molecule has 0 unspecified atom stereocenters.